The van der Waals surface area contributed by atoms with E-state index in [9.17, 15) is 0 Å². The van der Waals surface area contributed by atoms with Crippen molar-refractivity contribution in [2.45, 2.75) is 33.9 Å². The molecule has 0 aliphatic carbocycles. The third kappa shape index (κ3) is 8.25. The number of halogens is 1. The molecule has 27 heavy (non-hydrogen) atoms. The zero-order chi connectivity index (χ0) is 18.8. The van der Waals surface area contributed by atoms with E-state index in [-0.39, 0.29) is 24.0 Å². The van der Waals surface area contributed by atoms with Gasteiger partial charge in [-0.25, -0.2) is 4.99 Å². The van der Waals surface area contributed by atoms with Crippen molar-refractivity contribution in [1.82, 2.24) is 25.4 Å². The Kier molecular flexibility index (Phi) is 11.0. The van der Waals surface area contributed by atoms with E-state index in [0.717, 1.165) is 30.7 Å². The fourth-order valence-corrected chi connectivity index (χ4v) is 2.36. The summed E-state index contributed by atoms with van der Waals surface area (Å²) in [5.74, 6) is 2.89. The Hall–Kier alpha value is -1.68. The number of nitrogens with one attached hydrogen (secondary N) is 2. The van der Waals surface area contributed by atoms with Gasteiger partial charge in [0.15, 0.2) is 11.8 Å². The van der Waals surface area contributed by atoms with Crippen LogP contribution in [-0.4, -0.2) is 40.4 Å². The molecule has 0 aliphatic rings. The van der Waals surface area contributed by atoms with Crippen LogP contribution < -0.4 is 10.6 Å². The van der Waals surface area contributed by atoms with Crippen LogP contribution in [0, 0.1) is 12.8 Å². The maximum atomic E-state index is 5.80. The lowest BCUT2D eigenvalue weighted by atomic mass is 10.2. The molecule has 7 nitrogen and oxygen atoms in total. The number of aromatic nitrogens is 3. The standard InChI is InChI=1S/C19H30N6O.HI/c1-5-20-19(22-12-18-24-23-16(3)25(18)4)21-11-15(2)13-26-14-17-9-7-6-8-10-17;/h6-10,15H,5,11-14H2,1-4H3,(H2,20,21,22);1H. The van der Waals surface area contributed by atoms with Crippen LogP contribution in [0.1, 0.15) is 31.1 Å². The van der Waals surface area contributed by atoms with Crippen LogP contribution in [0.4, 0.5) is 0 Å². The smallest absolute Gasteiger partial charge is 0.191 e. The topological polar surface area (TPSA) is 76.4 Å². The van der Waals surface area contributed by atoms with Crippen LogP contribution in [0.15, 0.2) is 35.3 Å². The summed E-state index contributed by atoms with van der Waals surface area (Å²) < 4.78 is 7.75. The second-order valence-corrected chi connectivity index (χ2v) is 6.40. The number of hydrogen-bond acceptors (Lipinski definition) is 4. The Labute approximate surface area is 179 Å². The van der Waals surface area contributed by atoms with Crippen LogP contribution in [0.25, 0.3) is 0 Å². The number of ether oxygens (including phenoxy) is 1. The first kappa shape index (κ1) is 23.4. The molecular formula is C19H31IN6O. The molecule has 0 bridgehead atoms. The molecule has 8 heteroatoms. The van der Waals surface area contributed by atoms with Gasteiger partial charge in [-0.1, -0.05) is 37.3 Å². The highest BCUT2D eigenvalue weighted by molar-refractivity contribution is 14.0. The lowest BCUT2D eigenvalue weighted by Crippen LogP contribution is -2.40. The molecular weight excluding hydrogens is 455 g/mol. The van der Waals surface area contributed by atoms with E-state index < -0.39 is 0 Å². The van der Waals surface area contributed by atoms with Gasteiger partial charge in [0, 0.05) is 20.1 Å². The number of nitrogens with zero attached hydrogens (tertiary/aromatic N) is 4. The second-order valence-electron chi connectivity index (χ2n) is 6.40. The molecule has 0 amide bonds. The predicted molar refractivity (Wildman–Crippen MR) is 119 cm³/mol. The maximum Gasteiger partial charge on any atom is 0.191 e. The molecule has 1 aromatic heterocycles. The third-order valence-electron chi connectivity index (χ3n) is 4.04. The van der Waals surface area contributed by atoms with Gasteiger partial charge >= 0.3 is 0 Å². The summed E-state index contributed by atoms with van der Waals surface area (Å²) in [6.45, 7) is 9.58. The molecule has 1 unspecified atom stereocenters. The summed E-state index contributed by atoms with van der Waals surface area (Å²) in [4.78, 5) is 4.59. The van der Waals surface area contributed by atoms with Crippen molar-refractivity contribution < 1.29 is 4.74 Å². The van der Waals surface area contributed by atoms with Gasteiger partial charge in [0.2, 0.25) is 0 Å². The van der Waals surface area contributed by atoms with Gasteiger partial charge in [-0.2, -0.15) is 0 Å². The van der Waals surface area contributed by atoms with Crippen LogP contribution in [0.3, 0.4) is 0 Å². The minimum atomic E-state index is 0. The van der Waals surface area contributed by atoms with Crippen molar-refractivity contribution in [2.24, 2.45) is 18.0 Å². The predicted octanol–water partition coefficient (Wildman–Crippen LogP) is 2.65. The van der Waals surface area contributed by atoms with Crippen LogP contribution in [-0.2, 0) is 24.9 Å². The average Bonchev–Trinajstić information content (AvgIpc) is 2.97. The molecule has 1 aromatic carbocycles. The van der Waals surface area contributed by atoms with E-state index in [0.29, 0.717) is 25.7 Å². The lowest BCUT2D eigenvalue weighted by Gasteiger charge is -2.16. The SMILES string of the molecule is CCNC(=NCc1nnc(C)n1C)NCC(C)COCc1ccccc1.I. The number of rotatable bonds is 9. The summed E-state index contributed by atoms with van der Waals surface area (Å²) in [7, 11) is 1.95. The average molecular weight is 486 g/mol. The van der Waals surface area contributed by atoms with E-state index >= 15 is 0 Å². The Morgan fingerprint density at radius 3 is 2.59 bits per heavy atom. The van der Waals surface area contributed by atoms with Gasteiger partial charge in [0.05, 0.1) is 13.2 Å². The van der Waals surface area contributed by atoms with Gasteiger partial charge < -0.3 is 19.9 Å². The van der Waals surface area contributed by atoms with Gasteiger partial charge in [-0.15, -0.1) is 34.2 Å². The zero-order valence-electron chi connectivity index (χ0n) is 16.6. The second kappa shape index (κ2) is 12.7. The number of benzene rings is 1. The first-order valence-electron chi connectivity index (χ1n) is 9.08. The molecule has 0 saturated carbocycles. The van der Waals surface area contributed by atoms with Crippen molar-refractivity contribution in [3.63, 3.8) is 0 Å². The van der Waals surface area contributed by atoms with Gasteiger partial charge in [0.1, 0.15) is 12.4 Å². The van der Waals surface area contributed by atoms with E-state index in [1.54, 1.807) is 0 Å². The highest BCUT2D eigenvalue weighted by Crippen LogP contribution is 2.03. The van der Waals surface area contributed by atoms with Gasteiger partial charge in [-0.05, 0) is 25.3 Å². The minimum absolute atomic E-state index is 0. The number of guanidine groups is 1. The summed E-state index contributed by atoms with van der Waals surface area (Å²) in [6, 6.07) is 10.2. The molecule has 1 atom stereocenters. The van der Waals surface area contributed by atoms with Crippen LogP contribution in [0.5, 0.6) is 0 Å². The van der Waals surface area contributed by atoms with Crippen molar-refractivity contribution >= 4 is 29.9 Å². The molecule has 0 saturated heterocycles. The number of aliphatic imine (C=N–C) groups is 1. The number of hydrogen-bond donors (Lipinski definition) is 2. The van der Waals surface area contributed by atoms with E-state index in [2.05, 4.69) is 51.8 Å². The van der Waals surface area contributed by atoms with E-state index in [1.807, 2.05) is 36.7 Å². The molecule has 150 valence electrons. The third-order valence-corrected chi connectivity index (χ3v) is 4.04. The summed E-state index contributed by atoms with van der Waals surface area (Å²) in [5, 5.41) is 14.8. The van der Waals surface area contributed by atoms with Crippen LogP contribution in [0.2, 0.25) is 0 Å². The van der Waals surface area contributed by atoms with Crippen molar-refractivity contribution in [2.75, 3.05) is 19.7 Å². The summed E-state index contributed by atoms with van der Waals surface area (Å²) in [5.41, 5.74) is 1.20. The summed E-state index contributed by atoms with van der Waals surface area (Å²) >= 11 is 0. The Balaban J connectivity index is 0.00000364. The first-order valence-corrected chi connectivity index (χ1v) is 9.08. The molecule has 0 fully saturated rings. The van der Waals surface area contributed by atoms with Crippen molar-refractivity contribution in [1.29, 1.82) is 0 Å². The molecule has 1 heterocycles. The van der Waals surface area contributed by atoms with Crippen molar-refractivity contribution in [3.05, 3.63) is 47.5 Å². The normalized spacial score (nSPS) is 12.4. The lowest BCUT2D eigenvalue weighted by molar-refractivity contribution is 0.0931. The highest BCUT2D eigenvalue weighted by atomic mass is 127. The zero-order valence-corrected chi connectivity index (χ0v) is 18.9. The van der Waals surface area contributed by atoms with Crippen molar-refractivity contribution in [3.8, 4) is 0 Å². The Morgan fingerprint density at radius 1 is 1.22 bits per heavy atom. The number of aryl methyl sites for hydroxylation is 1. The molecule has 0 spiro atoms. The van der Waals surface area contributed by atoms with Crippen LogP contribution >= 0.6 is 24.0 Å². The van der Waals surface area contributed by atoms with E-state index in [1.165, 1.54) is 5.56 Å². The fourth-order valence-electron chi connectivity index (χ4n) is 2.36. The van der Waals surface area contributed by atoms with E-state index in [4.69, 9.17) is 4.74 Å². The maximum absolute atomic E-state index is 5.80. The summed E-state index contributed by atoms with van der Waals surface area (Å²) in [6.07, 6.45) is 0. The monoisotopic (exact) mass is 486 g/mol. The molecule has 2 N–H and O–H groups in total. The van der Waals surface area contributed by atoms with Gasteiger partial charge in [-0.3, -0.25) is 0 Å². The highest BCUT2D eigenvalue weighted by Gasteiger charge is 2.07. The largest absolute Gasteiger partial charge is 0.376 e. The Bertz CT molecular complexity index is 689. The molecule has 0 radical (unpaired) electrons. The minimum Gasteiger partial charge on any atom is -0.376 e. The first-order chi connectivity index (χ1) is 12.6. The molecule has 2 rings (SSSR count). The van der Waals surface area contributed by atoms with Gasteiger partial charge in [0.25, 0.3) is 0 Å². The molecule has 2 aromatic rings. The fraction of sp³-hybridized carbons (Fsp3) is 0.526. The molecule has 0 aliphatic heterocycles. The Morgan fingerprint density at radius 2 is 1.96 bits per heavy atom. The quantitative estimate of drug-likeness (QED) is 0.324.